The molecule has 0 bridgehead atoms. The Morgan fingerprint density at radius 1 is 0.759 bits per heavy atom. The molecule has 1 saturated heterocycles. The van der Waals surface area contributed by atoms with Gasteiger partial charge in [-0.05, 0) is 16.7 Å². The second kappa shape index (κ2) is 6.87. The fourth-order valence-electron chi connectivity index (χ4n) is 5.05. The summed E-state index contributed by atoms with van der Waals surface area (Å²) in [5.41, 5.74) is 4.15. The molecule has 0 spiro atoms. The first-order valence-electron chi connectivity index (χ1n) is 10.2. The Bertz CT molecular complexity index is 1010. The summed E-state index contributed by atoms with van der Waals surface area (Å²) in [4.78, 5) is 0. The molecule has 2 aliphatic rings. The van der Waals surface area contributed by atoms with Crippen molar-refractivity contribution >= 4 is 5.76 Å². The second-order valence-corrected chi connectivity index (χ2v) is 7.55. The molecule has 1 heterocycles. The van der Waals surface area contributed by atoms with Crippen molar-refractivity contribution in [2.75, 3.05) is 13.2 Å². The number of benzene rings is 3. The van der Waals surface area contributed by atoms with E-state index in [-0.39, 0.29) is 5.76 Å². The monoisotopic (exact) mass is 384 g/mol. The first-order chi connectivity index (χ1) is 14.2. The standard InChI is InChI=1S/C26H24O3/c1-2-25(28-17-18-29-25)24-23(27)21-15-9-10-16-22(21)26(24,19-11-5-3-6-12-19)20-13-7-4-8-14-20/h3-16,27H,2,17-18H2,1H3. The molecule has 0 atom stereocenters. The number of ether oxygens (including phenoxy) is 2. The molecule has 3 aromatic carbocycles. The van der Waals surface area contributed by atoms with Crippen LogP contribution in [-0.2, 0) is 14.9 Å². The average molecular weight is 384 g/mol. The summed E-state index contributed by atoms with van der Waals surface area (Å²) in [7, 11) is 0. The van der Waals surface area contributed by atoms with Gasteiger partial charge in [-0.2, -0.15) is 0 Å². The van der Waals surface area contributed by atoms with Gasteiger partial charge in [0.05, 0.1) is 24.2 Å². The average Bonchev–Trinajstić information content (AvgIpc) is 3.37. The summed E-state index contributed by atoms with van der Waals surface area (Å²) in [6, 6.07) is 28.8. The number of rotatable bonds is 4. The predicted octanol–water partition coefficient (Wildman–Crippen LogP) is 5.46. The van der Waals surface area contributed by atoms with E-state index in [1.54, 1.807) is 0 Å². The van der Waals surface area contributed by atoms with Crippen LogP contribution in [0.3, 0.4) is 0 Å². The van der Waals surface area contributed by atoms with E-state index < -0.39 is 11.2 Å². The topological polar surface area (TPSA) is 38.7 Å². The highest BCUT2D eigenvalue weighted by Gasteiger charge is 2.58. The van der Waals surface area contributed by atoms with Gasteiger partial charge in [0, 0.05) is 12.0 Å². The quantitative estimate of drug-likeness (QED) is 0.649. The van der Waals surface area contributed by atoms with Crippen LogP contribution in [0.1, 0.15) is 35.6 Å². The van der Waals surface area contributed by atoms with E-state index in [4.69, 9.17) is 9.47 Å². The molecule has 0 radical (unpaired) electrons. The van der Waals surface area contributed by atoms with E-state index in [0.717, 1.165) is 27.8 Å². The molecular weight excluding hydrogens is 360 g/mol. The Morgan fingerprint density at radius 2 is 1.28 bits per heavy atom. The number of aliphatic hydroxyl groups is 1. The van der Waals surface area contributed by atoms with Crippen molar-refractivity contribution in [3.8, 4) is 0 Å². The van der Waals surface area contributed by atoms with Crippen LogP contribution in [0.15, 0.2) is 90.5 Å². The smallest absolute Gasteiger partial charge is 0.196 e. The lowest BCUT2D eigenvalue weighted by Crippen LogP contribution is -2.43. The first-order valence-corrected chi connectivity index (χ1v) is 10.2. The summed E-state index contributed by atoms with van der Waals surface area (Å²) < 4.78 is 12.5. The molecular formula is C26H24O3. The molecule has 5 rings (SSSR count). The van der Waals surface area contributed by atoms with Gasteiger partial charge in [-0.1, -0.05) is 91.9 Å². The van der Waals surface area contributed by atoms with Crippen LogP contribution in [0.5, 0.6) is 0 Å². The molecule has 0 unspecified atom stereocenters. The van der Waals surface area contributed by atoms with E-state index in [9.17, 15) is 5.11 Å². The SMILES string of the molecule is CCC1(C2=C(O)c3ccccc3C2(c2ccccc2)c2ccccc2)OCCO1. The van der Waals surface area contributed by atoms with Crippen LogP contribution in [0.25, 0.3) is 5.76 Å². The molecule has 1 aliphatic heterocycles. The fourth-order valence-corrected chi connectivity index (χ4v) is 5.05. The molecule has 1 aliphatic carbocycles. The summed E-state index contributed by atoms with van der Waals surface area (Å²) in [5, 5.41) is 11.6. The zero-order chi connectivity index (χ0) is 19.9. The van der Waals surface area contributed by atoms with E-state index in [0.29, 0.717) is 19.6 Å². The van der Waals surface area contributed by atoms with Crippen molar-refractivity contribution in [2.45, 2.75) is 24.5 Å². The molecule has 3 heteroatoms. The Balaban J connectivity index is 1.93. The normalized spacial score (nSPS) is 19.3. The van der Waals surface area contributed by atoms with Gasteiger partial charge in [0.1, 0.15) is 5.76 Å². The molecule has 1 N–H and O–H groups in total. The van der Waals surface area contributed by atoms with Gasteiger partial charge in [-0.3, -0.25) is 0 Å². The third-order valence-electron chi connectivity index (χ3n) is 6.21. The van der Waals surface area contributed by atoms with Gasteiger partial charge >= 0.3 is 0 Å². The Morgan fingerprint density at radius 3 is 1.83 bits per heavy atom. The van der Waals surface area contributed by atoms with Gasteiger partial charge in [0.2, 0.25) is 0 Å². The van der Waals surface area contributed by atoms with E-state index in [1.165, 1.54) is 0 Å². The molecule has 0 aromatic heterocycles. The maximum absolute atomic E-state index is 11.6. The highest BCUT2D eigenvalue weighted by Crippen LogP contribution is 2.58. The number of hydrogen-bond donors (Lipinski definition) is 1. The molecule has 3 aromatic rings. The zero-order valence-corrected chi connectivity index (χ0v) is 16.5. The number of aliphatic hydroxyl groups excluding tert-OH is 1. The van der Waals surface area contributed by atoms with Crippen LogP contribution in [0, 0.1) is 0 Å². The summed E-state index contributed by atoms with van der Waals surface area (Å²) in [5.74, 6) is -0.702. The minimum Gasteiger partial charge on any atom is -0.507 e. The highest BCUT2D eigenvalue weighted by atomic mass is 16.7. The van der Waals surface area contributed by atoms with E-state index >= 15 is 0 Å². The minimum atomic E-state index is -0.964. The zero-order valence-electron chi connectivity index (χ0n) is 16.5. The van der Waals surface area contributed by atoms with Crippen molar-refractivity contribution in [3.05, 3.63) is 113 Å². The van der Waals surface area contributed by atoms with Crippen molar-refractivity contribution in [1.29, 1.82) is 0 Å². The number of fused-ring (bicyclic) bond motifs is 1. The van der Waals surface area contributed by atoms with E-state index in [2.05, 4.69) is 37.3 Å². The first kappa shape index (κ1) is 18.2. The maximum Gasteiger partial charge on any atom is 0.196 e. The fraction of sp³-hybridized carbons (Fsp3) is 0.231. The van der Waals surface area contributed by atoms with Crippen molar-refractivity contribution in [2.24, 2.45) is 0 Å². The van der Waals surface area contributed by atoms with Gasteiger partial charge in [-0.15, -0.1) is 0 Å². The van der Waals surface area contributed by atoms with Crippen LogP contribution in [0.4, 0.5) is 0 Å². The second-order valence-electron chi connectivity index (χ2n) is 7.55. The van der Waals surface area contributed by atoms with E-state index in [1.807, 2.05) is 54.6 Å². The summed E-state index contributed by atoms with van der Waals surface area (Å²) >= 11 is 0. The molecule has 0 amide bonds. The van der Waals surface area contributed by atoms with Gasteiger partial charge in [-0.25, -0.2) is 0 Å². The van der Waals surface area contributed by atoms with Crippen LogP contribution in [-0.4, -0.2) is 24.1 Å². The third-order valence-corrected chi connectivity index (χ3v) is 6.21. The van der Waals surface area contributed by atoms with Crippen LogP contribution >= 0.6 is 0 Å². The lowest BCUT2D eigenvalue weighted by Gasteiger charge is -2.41. The van der Waals surface area contributed by atoms with Crippen molar-refractivity contribution in [3.63, 3.8) is 0 Å². The molecule has 146 valence electrons. The van der Waals surface area contributed by atoms with Crippen molar-refractivity contribution < 1.29 is 14.6 Å². The number of hydrogen-bond acceptors (Lipinski definition) is 3. The maximum atomic E-state index is 11.6. The minimum absolute atomic E-state index is 0.261. The van der Waals surface area contributed by atoms with Gasteiger partial charge in [0.25, 0.3) is 0 Å². The highest BCUT2D eigenvalue weighted by molar-refractivity contribution is 5.83. The molecule has 0 saturated carbocycles. The predicted molar refractivity (Wildman–Crippen MR) is 114 cm³/mol. The molecule has 3 nitrogen and oxygen atoms in total. The molecule has 29 heavy (non-hydrogen) atoms. The largest absolute Gasteiger partial charge is 0.507 e. The lowest BCUT2D eigenvalue weighted by molar-refractivity contribution is -0.132. The van der Waals surface area contributed by atoms with Crippen molar-refractivity contribution in [1.82, 2.24) is 0 Å². The Hall–Kier alpha value is -2.88. The molecule has 1 fully saturated rings. The third kappa shape index (κ3) is 2.44. The Labute approximate surface area is 171 Å². The summed E-state index contributed by atoms with van der Waals surface area (Å²) in [6.45, 7) is 3.08. The van der Waals surface area contributed by atoms with Crippen LogP contribution < -0.4 is 0 Å². The Kier molecular flexibility index (Phi) is 4.30. The van der Waals surface area contributed by atoms with Gasteiger partial charge in [0.15, 0.2) is 5.79 Å². The van der Waals surface area contributed by atoms with Crippen LogP contribution in [0.2, 0.25) is 0 Å². The van der Waals surface area contributed by atoms with Gasteiger partial charge < -0.3 is 14.6 Å². The lowest BCUT2D eigenvalue weighted by atomic mass is 9.64. The summed E-state index contributed by atoms with van der Waals surface area (Å²) in [6.07, 6.45) is 0.613.